The highest BCUT2D eigenvalue weighted by molar-refractivity contribution is 7.84. The van der Waals surface area contributed by atoms with Crippen LogP contribution in [0.2, 0.25) is 0 Å². The van der Waals surface area contributed by atoms with E-state index in [0.29, 0.717) is 23.0 Å². The summed E-state index contributed by atoms with van der Waals surface area (Å²) in [6, 6.07) is 3.84. The fraction of sp³-hybridized carbons (Fsp3) is 0.273. The molecule has 1 aromatic carbocycles. The Morgan fingerprint density at radius 1 is 1.50 bits per heavy atom. The second-order valence-electron chi connectivity index (χ2n) is 3.66. The molecule has 1 unspecified atom stereocenters. The molecule has 1 atom stereocenters. The number of benzene rings is 1. The summed E-state index contributed by atoms with van der Waals surface area (Å²) in [5.41, 5.74) is 6.00. The highest BCUT2D eigenvalue weighted by atomic mass is 32.2. The molecule has 2 aromatic rings. The van der Waals surface area contributed by atoms with E-state index in [1.165, 1.54) is 24.5 Å². The van der Waals surface area contributed by atoms with Crippen LogP contribution < -0.4 is 5.73 Å². The van der Waals surface area contributed by atoms with Crippen LogP contribution in [0.5, 0.6) is 0 Å². The second kappa shape index (κ2) is 5.26. The Labute approximate surface area is 106 Å². The van der Waals surface area contributed by atoms with E-state index >= 15 is 0 Å². The van der Waals surface area contributed by atoms with Crippen molar-refractivity contribution in [3.63, 3.8) is 0 Å². The Hall–Kier alpha value is -1.76. The largest absolute Gasteiger partial charge is 0.398 e. The van der Waals surface area contributed by atoms with E-state index in [-0.39, 0.29) is 5.75 Å². The minimum absolute atomic E-state index is 0.168. The van der Waals surface area contributed by atoms with Crippen LogP contribution in [0.15, 0.2) is 29.4 Å². The topological polar surface area (TPSA) is 73.8 Å². The lowest BCUT2D eigenvalue weighted by molar-refractivity contribution is 0.620. The van der Waals surface area contributed by atoms with Gasteiger partial charge in [-0.15, -0.1) is 0 Å². The Bertz CT molecular complexity index is 584. The van der Waals surface area contributed by atoms with E-state index in [0.717, 1.165) is 0 Å². The lowest BCUT2D eigenvalue weighted by atomic mass is 10.3. The maximum Gasteiger partial charge on any atom is 0.139 e. The fourth-order valence-corrected chi connectivity index (χ4v) is 2.75. The standard InChI is InChI=1S/C11H13FN4OS/c1-2-16-11(14-7-15-16)6-18(17)10-5-8(12)3-4-9(10)13/h3-5,7H,2,6,13H2,1H3. The summed E-state index contributed by atoms with van der Waals surface area (Å²) in [6.45, 7) is 2.56. The highest BCUT2D eigenvalue weighted by Crippen LogP contribution is 2.19. The number of nitrogen functional groups attached to an aromatic ring is 1. The first-order valence-corrected chi connectivity index (χ1v) is 6.73. The minimum Gasteiger partial charge on any atom is -0.398 e. The van der Waals surface area contributed by atoms with Crippen molar-refractivity contribution in [1.82, 2.24) is 14.8 Å². The summed E-state index contributed by atoms with van der Waals surface area (Å²) in [7, 11) is -1.43. The van der Waals surface area contributed by atoms with Crippen molar-refractivity contribution in [2.24, 2.45) is 0 Å². The molecule has 0 saturated heterocycles. The normalized spacial score (nSPS) is 12.6. The number of halogens is 1. The molecule has 0 radical (unpaired) electrons. The molecule has 0 aliphatic rings. The van der Waals surface area contributed by atoms with Gasteiger partial charge in [-0.3, -0.25) is 4.21 Å². The quantitative estimate of drug-likeness (QED) is 0.849. The number of nitrogens with two attached hydrogens (primary N) is 1. The van der Waals surface area contributed by atoms with Crippen LogP contribution in [-0.4, -0.2) is 19.0 Å². The lowest BCUT2D eigenvalue weighted by Crippen LogP contribution is -2.08. The second-order valence-corrected chi connectivity index (χ2v) is 5.08. The third-order valence-electron chi connectivity index (χ3n) is 2.48. The molecule has 18 heavy (non-hydrogen) atoms. The number of aromatic nitrogens is 3. The SMILES string of the molecule is CCn1ncnc1CS(=O)c1cc(F)ccc1N. The Balaban J connectivity index is 2.25. The first-order valence-electron chi connectivity index (χ1n) is 5.42. The van der Waals surface area contributed by atoms with E-state index < -0.39 is 16.6 Å². The van der Waals surface area contributed by atoms with E-state index in [1.807, 2.05) is 6.92 Å². The molecule has 5 nitrogen and oxygen atoms in total. The molecular formula is C11H13FN4OS. The maximum atomic E-state index is 13.1. The minimum atomic E-state index is -1.43. The van der Waals surface area contributed by atoms with Crippen molar-refractivity contribution < 1.29 is 8.60 Å². The molecule has 0 bridgehead atoms. The molecule has 1 heterocycles. The van der Waals surface area contributed by atoms with Crippen LogP contribution in [0.1, 0.15) is 12.7 Å². The van der Waals surface area contributed by atoms with Crippen molar-refractivity contribution in [2.45, 2.75) is 24.1 Å². The first kappa shape index (κ1) is 12.7. The average molecular weight is 268 g/mol. The predicted octanol–water partition coefficient (Wildman–Crippen LogP) is 1.33. The number of hydrogen-bond acceptors (Lipinski definition) is 4. The van der Waals surface area contributed by atoms with Gasteiger partial charge in [-0.1, -0.05) is 0 Å². The van der Waals surface area contributed by atoms with Crippen LogP contribution in [-0.2, 0) is 23.1 Å². The first-order chi connectivity index (χ1) is 8.61. The van der Waals surface area contributed by atoms with E-state index in [1.54, 1.807) is 4.68 Å². The van der Waals surface area contributed by atoms with Crippen LogP contribution >= 0.6 is 0 Å². The summed E-state index contributed by atoms with van der Waals surface area (Å²) >= 11 is 0. The molecule has 0 amide bonds. The van der Waals surface area contributed by atoms with Gasteiger partial charge >= 0.3 is 0 Å². The van der Waals surface area contributed by atoms with Crippen molar-refractivity contribution in [1.29, 1.82) is 0 Å². The van der Waals surface area contributed by atoms with E-state index in [9.17, 15) is 8.60 Å². The Kier molecular flexibility index (Phi) is 3.71. The number of hydrogen-bond donors (Lipinski definition) is 1. The van der Waals surface area contributed by atoms with Crippen LogP contribution in [0.25, 0.3) is 0 Å². The van der Waals surface area contributed by atoms with Gasteiger partial charge in [0, 0.05) is 12.2 Å². The summed E-state index contributed by atoms with van der Waals surface area (Å²) in [4.78, 5) is 4.32. The van der Waals surface area contributed by atoms with Crippen molar-refractivity contribution in [3.8, 4) is 0 Å². The summed E-state index contributed by atoms with van der Waals surface area (Å²) in [5.74, 6) is 0.311. The van der Waals surface area contributed by atoms with Gasteiger partial charge in [0.05, 0.1) is 21.4 Å². The predicted molar refractivity (Wildman–Crippen MR) is 66.6 cm³/mol. The highest BCUT2D eigenvalue weighted by Gasteiger charge is 2.13. The van der Waals surface area contributed by atoms with Crippen LogP contribution in [0.4, 0.5) is 10.1 Å². The van der Waals surface area contributed by atoms with Crippen molar-refractivity contribution in [2.75, 3.05) is 5.73 Å². The molecule has 7 heteroatoms. The summed E-state index contributed by atoms with van der Waals surface area (Å²) in [5, 5.41) is 3.99. The molecule has 0 saturated carbocycles. The van der Waals surface area contributed by atoms with Crippen molar-refractivity contribution in [3.05, 3.63) is 36.2 Å². The smallest absolute Gasteiger partial charge is 0.139 e. The van der Waals surface area contributed by atoms with Gasteiger partial charge in [0.1, 0.15) is 18.0 Å². The fourth-order valence-electron chi connectivity index (χ4n) is 1.56. The van der Waals surface area contributed by atoms with Gasteiger partial charge in [0.15, 0.2) is 0 Å². The van der Waals surface area contributed by atoms with Crippen LogP contribution in [0.3, 0.4) is 0 Å². The number of rotatable bonds is 4. The van der Waals surface area contributed by atoms with E-state index in [2.05, 4.69) is 10.1 Å². The van der Waals surface area contributed by atoms with Gasteiger partial charge < -0.3 is 5.73 Å². The zero-order chi connectivity index (χ0) is 13.1. The summed E-state index contributed by atoms with van der Waals surface area (Å²) < 4.78 is 26.9. The van der Waals surface area contributed by atoms with Gasteiger partial charge in [-0.2, -0.15) is 5.10 Å². The van der Waals surface area contributed by atoms with E-state index in [4.69, 9.17) is 5.73 Å². The average Bonchev–Trinajstić information content (AvgIpc) is 2.79. The molecule has 0 aliphatic heterocycles. The van der Waals surface area contributed by atoms with Gasteiger partial charge in [0.2, 0.25) is 0 Å². The summed E-state index contributed by atoms with van der Waals surface area (Å²) in [6.07, 6.45) is 1.41. The Morgan fingerprint density at radius 2 is 2.28 bits per heavy atom. The number of anilines is 1. The molecule has 2 rings (SSSR count). The monoisotopic (exact) mass is 268 g/mol. The van der Waals surface area contributed by atoms with Gasteiger partial charge in [0.25, 0.3) is 0 Å². The molecule has 2 N–H and O–H groups in total. The number of nitrogens with zero attached hydrogens (tertiary/aromatic N) is 3. The molecule has 1 aromatic heterocycles. The molecule has 0 fully saturated rings. The zero-order valence-electron chi connectivity index (χ0n) is 9.84. The van der Waals surface area contributed by atoms with Gasteiger partial charge in [-0.25, -0.2) is 14.1 Å². The molecule has 0 aliphatic carbocycles. The number of aryl methyl sites for hydroxylation is 1. The third-order valence-corrected chi connectivity index (χ3v) is 3.84. The Morgan fingerprint density at radius 3 is 3.00 bits per heavy atom. The maximum absolute atomic E-state index is 13.1. The molecule has 0 spiro atoms. The van der Waals surface area contributed by atoms with Crippen LogP contribution in [0, 0.1) is 5.82 Å². The third kappa shape index (κ3) is 2.56. The molecule has 96 valence electrons. The van der Waals surface area contributed by atoms with Crippen molar-refractivity contribution >= 4 is 16.5 Å². The lowest BCUT2D eigenvalue weighted by Gasteiger charge is -2.06. The zero-order valence-corrected chi connectivity index (χ0v) is 10.7. The molecular weight excluding hydrogens is 255 g/mol. The van der Waals surface area contributed by atoms with Gasteiger partial charge in [-0.05, 0) is 25.1 Å².